The van der Waals surface area contributed by atoms with E-state index in [4.69, 9.17) is 0 Å². The number of nitrogens with zero attached hydrogens (tertiary/aromatic N) is 6. The smallest absolute Gasteiger partial charge is 0.0728 e. The molecule has 0 N–H and O–H groups in total. The van der Waals surface area contributed by atoms with Crippen LogP contribution >= 0.6 is 0 Å². The molecule has 650 valence electrons. The third-order valence-corrected chi connectivity index (χ3v) is 28.5. The molecule has 24 rings (SSSR count). The molecule has 0 bridgehead atoms. The van der Waals surface area contributed by atoms with Crippen molar-refractivity contribution in [2.45, 2.75) is 63.2 Å². The van der Waals surface area contributed by atoms with E-state index >= 15 is 0 Å². The SMILES string of the molecule is CC(C)(C)c1ccc2c(c1)C1(c3cc(N(c4ccccc4)c4ccccc4)ccc3-c3ccc(N(c4ccccc4)c4ccc(-c5ccc(N(c6ccccc6)c6ccc7c(c6)C6(c8cc(N(c9ccccc9)c9ccccc9)ccc8-c8ccc(N(c9ccccc9)c9ccccc9)cc86)c6cc(N(c8ccccc8)c8ccccc8)ccc6-7)cc5)cc4)cc31)c1cc(C(C)(C)C)ccc1-2. The van der Waals surface area contributed by atoms with E-state index in [9.17, 15) is 0 Å². The maximum absolute atomic E-state index is 2.57. The third kappa shape index (κ3) is 13.8. The van der Waals surface area contributed by atoms with E-state index in [1.807, 2.05) is 0 Å². The Bertz CT molecular complexity index is 7390. The van der Waals surface area contributed by atoms with Crippen molar-refractivity contribution in [3.63, 3.8) is 0 Å². The predicted octanol–water partition coefficient (Wildman–Crippen LogP) is 35.5. The molecule has 0 amide bonds. The first-order valence-electron chi connectivity index (χ1n) is 47.4. The predicted molar refractivity (Wildman–Crippen MR) is 570 cm³/mol. The zero-order valence-corrected chi connectivity index (χ0v) is 77.0. The van der Waals surface area contributed by atoms with Gasteiger partial charge in [-0.15, -0.1) is 0 Å². The molecule has 4 aliphatic carbocycles. The summed E-state index contributed by atoms with van der Waals surface area (Å²) in [6.07, 6.45) is 0. The summed E-state index contributed by atoms with van der Waals surface area (Å²) >= 11 is 0. The number of hydrogen-bond acceptors (Lipinski definition) is 6. The first kappa shape index (κ1) is 82.4. The van der Waals surface area contributed by atoms with Gasteiger partial charge >= 0.3 is 0 Å². The molecule has 136 heavy (non-hydrogen) atoms. The van der Waals surface area contributed by atoms with Crippen LogP contribution in [0.4, 0.5) is 102 Å². The van der Waals surface area contributed by atoms with Gasteiger partial charge in [0.2, 0.25) is 0 Å². The molecule has 0 saturated carbocycles. The average molecular weight is 1750 g/mol. The molecular formula is C130H100N6. The maximum atomic E-state index is 2.57. The topological polar surface area (TPSA) is 19.4 Å². The Hall–Kier alpha value is -16.8. The molecular weight excluding hydrogens is 1650 g/mol. The van der Waals surface area contributed by atoms with Crippen LogP contribution in [0.25, 0.3) is 55.6 Å². The molecule has 0 radical (unpaired) electrons. The third-order valence-electron chi connectivity index (χ3n) is 28.5. The molecule has 20 aromatic rings. The lowest BCUT2D eigenvalue weighted by Gasteiger charge is -2.35. The number of benzene rings is 20. The van der Waals surface area contributed by atoms with E-state index in [1.165, 1.54) is 100 Å². The van der Waals surface area contributed by atoms with E-state index in [-0.39, 0.29) is 10.8 Å². The number of anilines is 18. The van der Waals surface area contributed by atoms with Gasteiger partial charge in [-0.05, 0) is 340 Å². The van der Waals surface area contributed by atoms with Crippen LogP contribution in [0.2, 0.25) is 0 Å². The Morgan fingerprint density at radius 2 is 0.265 bits per heavy atom. The largest absolute Gasteiger partial charge is 0.310 e. The Kier molecular flexibility index (Phi) is 20.1. The van der Waals surface area contributed by atoms with Crippen LogP contribution in [0.1, 0.15) is 97.2 Å². The van der Waals surface area contributed by atoms with Gasteiger partial charge in [0.25, 0.3) is 0 Å². The monoisotopic (exact) mass is 1740 g/mol. The van der Waals surface area contributed by atoms with Crippen molar-refractivity contribution in [3.05, 3.63) is 553 Å². The summed E-state index contributed by atoms with van der Waals surface area (Å²) in [5.74, 6) is 0. The summed E-state index contributed by atoms with van der Waals surface area (Å²) in [6, 6.07) is 186. The standard InChI is InChI=1S/C130H100N6/c1-127(2,3)91-61-73-111-112-74-62-92(128(4,5)6)82-120(112)129(119(111)81-91)121-83-105(131(93-37-17-7-18-38-93)94-39-19-8-20-40-94)67-75-113(121)114-79-71-109(87-122(114)129)135(101-53-33-15-34-54-101)103-63-57-89(58-64-103)90-59-65-104(66-60-90)136(102-55-35-16-36-56-102)110-72-80-118-117-78-70-108(134(99-49-29-13-30-50-99)100-51-31-14-32-52-100)86-125(117)130(126(118)88-110)123-84-106(132(95-41-21-9-22-42-95)96-43-23-10-24-44-96)68-76-115(123)116-77-69-107(85-124(116)130)133(97-45-25-11-26-46-97)98-47-27-12-28-48-98/h7-88H,1-6H3. The average Bonchev–Trinajstić information content (AvgIpc) is 1.50. The summed E-state index contributed by atoms with van der Waals surface area (Å²) in [6.45, 7) is 14.1. The molecule has 20 aromatic carbocycles. The highest BCUT2D eigenvalue weighted by molar-refractivity contribution is 6.02. The van der Waals surface area contributed by atoms with Gasteiger partial charge in [-0.1, -0.05) is 321 Å². The van der Waals surface area contributed by atoms with Crippen LogP contribution in [-0.2, 0) is 21.7 Å². The highest BCUT2D eigenvalue weighted by Gasteiger charge is 2.55. The van der Waals surface area contributed by atoms with E-state index in [2.05, 4.69) is 568 Å². The summed E-state index contributed by atoms with van der Waals surface area (Å²) in [4.78, 5) is 14.6. The summed E-state index contributed by atoms with van der Waals surface area (Å²) in [7, 11) is 0. The maximum Gasteiger partial charge on any atom is 0.0728 e. The molecule has 0 aromatic heterocycles. The molecule has 0 atom stereocenters. The van der Waals surface area contributed by atoms with Crippen molar-refractivity contribution in [2.75, 3.05) is 29.4 Å². The fourth-order valence-electron chi connectivity index (χ4n) is 22.2. The van der Waals surface area contributed by atoms with Crippen molar-refractivity contribution >= 4 is 102 Å². The van der Waals surface area contributed by atoms with Gasteiger partial charge in [0, 0.05) is 102 Å². The molecule has 0 heterocycles. The van der Waals surface area contributed by atoms with Crippen LogP contribution in [-0.4, -0.2) is 0 Å². The van der Waals surface area contributed by atoms with Crippen LogP contribution in [0.5, 0.6) is 0 Å². The Morgan fingerprint density at radius 1 is 0.132 bits per heavy atom. The van der Waals surface area contributed by atoms with Gasteiger partial charge in [-0.3, -0.25) is 0 Å². The number of hydrogen-bond donors (Lipinski definition) is 0. The first-order valence-corrected chi connectivity index (χ1v) is 47.4. The summed E-state index contributed by atoms with van der Waals surface area (Å²) in [5, 5.41) is 0. The molecule has 0 unspecified atom stereocenters. The fourth-order valence-corrected chi connectivity index (χ4v) is 22.2. The molecule has 4 aliphatic rings. The van der Waals surface area contributed by atoms with Crippen molar-refractivity contribution in [1.82, 2.24) is 0 Å². The summed E-state index contributed by atoms with van der Waals surface area (Å²) in [5.41, 5.74) is 42.0. The van der Waals surface area contributed by atoms with Gasteiger partial charge in [-0.2, -0.15) is 0 Å². The van der Waals surface area contributed by atoms with Gasteiger partial charge < -0.3 is 29.4 Å². The molecule has 6 heteroatoms. The Balaban J connectivity index is 0.656. The van der Waals surface area contributed by atoms with Gasteiger partial charge in [0.15, 0.2) is 0 Å². The Labute approximate surface area is 798 Å². The van der Waals surface area contributed by atoms with Crippen LogP contribution in [0.15, 0.2) is 497 Å². The molecule has 2 spiro atoms. The van der Waals surface area contributed by atoms with Crippen molar-refractivity contribution in [2.24, 2.45) is 0 Å². The van der Waals surface area contributed by atoms with Crippen LogP contribution in [0, 0.1) is 0 Å². The number of rotatable bonds is 19. The number of fused-ring (bicyclic) bond motifs is 20. The van der Waals surface area contributed by atoms with E-state index in [0.717, 1.165) is 113 Å². The zero-order chi connectivity index (χ0) is 91.4. The lowest BCUT2D eigenvalue weighted by atomic mass is 9.68. The minimum absolute atomic E-state index is 0.124. The minimum atomic E-state index is -0.922. The minimum Gasteiger partial charge on any atom is -0.310 e. The second-order valence-electron chi connectivity index (χ2n) is 38.4. The second-order valence-corrected chi connectivity index (χ2v) is 38.4. The molecule has 0 fully saturated rings. The molecule has 0 saturated heterocycles. The van der Waals surface area contributed by atoms with E-state index in [1.54, 1.807) is 0 Å². The highest BCUT2D eigenvalue weighted by Crippen LogP contribution is 2.68. The van der Waals surface area contributed by atoms with Gasteiger partial charge in [0.05, 0.1) is 10.8 Å². The highest BCUT2D eigenvalue weighted by atomic mass is 15.2. The van der Waals surface area contributed by atoms with Crippen molar-refractivity contribution < 1.29 is 0 Å². The second kappa shape index (κ2) is 33.2. The van der Waals surface area contributed by atoms with E-state index in [0.29, 0.717) is 0 Å². The quantitative estimate of drug-likeness (QED) is 0.0798. The molecule has 0 aliphatic heterocycles. The normalized spacial score (nSPS) is 12.9. The first-order chi connectivity index (χ1) is 66.7. The van der Waals surface area contributed by atoms with Crippen molar-refractivity contribution in [1.29, 1.82) is 0 Å². The van der Waals surface area contributed by atoms with Crippen molar-refractivity contribution in [3.8, 4) is 55.6 Å². The number of para-hydroxylation sites is 10. The van der Waals surface area contributed by atoms with Crippen LogP contribution < -0.4 is 29.4 Å². The van der Waals surface area contributed by atoms with E-state index < -0.39 is 10.8 Å². The van der Waals surface area contributed by atoms with Gasteiger partial charge in [0.1, 0.15) is 0 Å². The van der Waals surface area contributed by atoms with Gasteiger partial charge in [-0.25, -0.2) is 0 Å². The summed E-state index contributed by atoms with van der Waals surface area (Å²) < 4.78 is 0. The molecule has 6 nitrogen and oxygen atoms in total. The van der Waals surface area contributed by atoms with Crippen LogP contribution in [0.3, 0.4) is 0 Å². The Morgan fingerprint density at radius 3 is 0.419 bits per heavy atom. The lowest BCUT2D eigenvalue weighted by molar-refractivity contribution is 0.586. The fraction of sp³-hybridized carbons (Fsp3) is 0.0769. The lowest BCUT2D eigenvalue weighted by Crippen LogP contribution is -2.28. The zero-order valence-electron chi connectivity index (χ0n) is 77.0.